The molecular weight excluding hydrogens is 348 g/mol. The van der Waals surface area contributed by atoms with Gasteiger partial charge in [0.15, 0.2) is 0 Å². The summed E-state index contributed by atoms with van der Waals surface area (Å²) < 4.78 is 0. The van der Waals surface area contributed by atoms with Gasteiger partial charge < -0.3 is 10.6 Å². The zero-order chi connectivity index (χ0) is 19.5. The number of benzene rings is 3. The van der Waals surface area contributed by atoms with Crippen molar-refractivity contribution in [2.24, 2.45) is 0 Å². The number of carbonyl (C=O) groups excluding carboxylic acids is 1. The van der Waals surface area contributed by atoms with E-state index in [1.165, 1.54) is 0 Å². The lowest BCUT2D eigenvalue weighted by molar-refractivity contribution is 0.101. The predicted octanol–water partition coefficient (Wildman–Crippen LogP) is 5.24. The van der Waals surface area contributed by atoms with Crippen molar-refractivity contribution in [3.8, 4) is 0 Å². The minimum atomic E-state index is -0.341. The van der Waals surface area contributed by atoms with Gasteiger partial charge in [-0.15, -0.1) is 0 Å². The Bertz CT molecular complexity index is 1140. The third-order valence-corrected chi connectivity index (χ3v) is 4.32. The highest BCUT2D eigenvalue weighted by atomic mass is 16.2. The fourth-order valence-electron chi connectivity index (χ4n) is 3.17. The number of aromatic nitrogens is 2. The molecule has 2 N–H and O–H groups in total. The second-order valence-electron chi connectivity index (χ2n) is 6.73. The van der Waals surface area contributed by atoms with Crippen LogP contribution in [0.15, 0.2) is 72.8 Å². The van der Waals surface area contributed by atoms with Crippen molar-refractivity contribution in [1.82, 2.24) is 9.97 Å². The fourth-order valence-corrected chi connectivity index (χ4v) is 3.17. The van der Waals surface area contributed by atoms with E-state index in [0.29, 0.717) is 11.3 Å². The van der Waals surface area contributed by atoms with Crippen LogP contribution in [0.4, 0.5) is 17.2 Å². The molecule has 0 radical (unpaired) electrons. The van der Waals surface area contributed by atoms with Gasteiger partial charge in [-0.2, -0.15) is 0 Å². The number of rotatable bonds is 4. The van der Waals surface area contributed by atoms with Gasteiger partial charge in [-0.1, -0.05) is 36.4 Å². The minimum Gasteiger partial charge on any atom is -0.340 e. The van der Waals surface area contributed by atoms with E-state index in [0.717, 1.165) is 27.9 Å². The zero-order valence-electron chi connectivity index (χ0n) is 15.7. The third kappa shape index (κ3) is 3.83. The molecule has 1 aromatic heterocycles. The number of fused-ring (bicyclic) bond motifs is 1. The fraction of sp³-hybridized carbons (Fsp3) is 0.0870. The molecule has 5 nitrogen and oxygen atoms in total. The number of aryl methyl sites for hydroxylation is 2. The molecule has 28 heavy (non-hydrogen) atoms. The van der Waals surface area contributed by atoms with E-state index >= 15 is 0 Å². The number of carbonyl (C=O) groups is 1. The highest BCUT2D eigenvalue weighted by molar-refractivity contribution is 6.04. The Labute approximate surface area is 163 Å². The monoisotopic (exact) mass is 368 g/mol. The molecule has 0 atom stereocenters. The average molecular weight is 368 g/mol. The van der Waals surface area contributed by atoms with E-state index in [-0.39, 0.29) is 11.7 Å². The summed E-state index contributed by atoms with van der Waals surface area (Å²) in [5, 5.41) is 7.05. The molecule has 1 heterocycles. The SMILES string of the molecule is Cc1cc(C)cc(NC(=O)c2nc(Nc3ccccc3)c3ccccc3n2)c1. The van der Waals surface area contributed by atoms with Gasteiger partial charge in [0.1, 0.15) is 5.82 Å². The number of para-hydroxylation sites is 2. The first-order chi connectivity index (χ1) is 13.6. The van der Waals surface area contributed by atoms with Gasteiger partial charge in [-0.3, -0.25) is 4.79 Å². The summed E-state index contributed by atoms with van der Waals surface area (Å²) in [6, 6.07) is 23.3. The predicted molar refractivity (Wildman–Crippen MR) is 113 cm³/mol. The molecule has 0 saturated carbocycles. The van der Waals surface area contributed by atoms with Gasteiger partial charge in [0.2, 0.25) is 5.82 Å². The van der Waals surface area contributed by atoms with Crippen LogP contribution in [0.1, 0.15) is 21.7 Å². The highest BCUT2D eigenvalue weighted by Crippen LogP contribution is 2.24. The van der Waals surface area contributed by atoms with Crippen LogP contribution in [0, 0.1) is 13.8 Å². The van der Waals surface area contributed by atoms with E-state index in [1.54, 1.807) is 0 Å². The maximum atomic E-state index is 12.8. The van der Waals surface area contributed by atoms with E-state index in [9.17, 15) is 4.79 Å². The summed E-state index contributed by atoms with van der Waals surface area (Å²) in [4.78, 5) is 21.8. The lowest BCUT2D eigenvalue weighted by Crippen LogP contribution is -2.17. The molecule has 0 bridgehead atoms. The van der Waals surface area contributed by atoms with Crippen molar-refractivity contribution >= 4 is 34.0 Å². The first-order valence-electron chi connectivity index (χ1n) is 9.07. The van der Waals surface area contributed by atoms with Crippen molar-refractivity contribution in [3.05, 3.63) is 89.7 Å². The highest BCUT2D eigenvalue weighted by Gasteiger charge is 2.15. The Hall–Kier alpha value is -3.73. The Morgan fingerprint density at radius 3 is 2.21 bits per heavy atom. The Morgan fingerprint density at radius 1 is 0.786 bits per heavy atom. The maximum absolute atomic E-state index is 12.8. The van der Waals surface area contributed by atoms with Crippen molar-refractivity contribution in [2.75, 3.05) is 10.6 Å². The molecular formula is C23H20N4O. The zero-order valence-corrected chi connectivity index (χ0v) is 15.7. The van der Waals surface area contributed by atoms with E-state index < -0.39 is 0 Å². The molecule has 0 spiro atoms. The Balaban J connectivity index is 1.71. The summed E-state index contributed by atoms with van der Waals surface area (Å²) in [6.45, 7) is 3.99. The van der Waals surface area contributed by atoms with Crippen molar-refractivity contribution in [3.63, 3.8) is 0 Å². The van der Waals surface area contributed by atoms with Crippen LogP contribution in [0.25, 0.3) is 10.9 Å². The lowest BCUT2D eigenvalue weighted by atomic mass is 10.1. The van der Waals surface area contributed by atoms with Gasteiger partial charge in [0, 0.05) is 16.8 Å². The molecule has 0 saturated heterocycles. The number of nitrogens with zero attached hydrogens (tertiary/aromatic N) is 2. The van der Waals surface area contributed by atoms with E-state index in [2.05, 4.69) is 26.7 Å². The van der Waals surface area contributed by atoms with E-state index in [1.807, 2.05) is 80.6 Å². The van der Waals surface area contributed by atoms with Crippen molar-refractivity contribution in [1.29, 1.82) is 0 Å². The van der Waals surface area contributed by atoms with Crippen LogP contribution in [0.2, 0.25) is 0 Å². The first-order valence-corrected chi connectivity index (χ1v) is 9.07. The number of hydrogen-bond acceptors (Lipinski definition) is 4. The molecule has 138 valence electrons. The second-order valence-corrected chi connectivity index (χ2v) is 6.73. The lowest BCUT2D eigenvalue weighted by Gasteiger charge is -2.11. The van der Waals surface area contributed by atoms with E-state index in [4.69, 9.17) is 0 Å². The molecule has 0 unspecified atom stereocenters. The van der Waals surface area contributed by atoms with Crippen LogP contribution in [-0.2, 0) is 0 Å². The van der Waals surface area contributed by atoms with Gasteiger partial charge >= 0.3 is 0 Å². The molecule has 4 rings (SSSR count). The van der Waals surface area contributed by atoms with Crippen LogP contribution in [0.3, 0.4) is 0 Å². The minimum absolute atomic E-state index is 0.122. The number of hydrogen-bond donors (Lipinski definition) is 2. The number of nitrogens with one attached hydrogen (secondary N) is 2. The molecule has 0 fully saturated rings. The summed E-state index contributed by atoms with van der Waals surface area (Å²) in [7, 11) is 0. The van der Waals surface area contributed by atoms with Gasteiger partial charge in [-0.25, -0.2) is 9.97 Å². The second kappa shape index (κ2) is 7.48. The molecule has 0 aliphatic carbocycles. The number of amides is 1. The number of anilines is 3. The molecule has 0 aliphatic heterocycles. The van der Waals surface area contributed by atoms with Crippen LogP contribution >= 0.6 is 0 Å². The quantitative estimate of drug-likeness (QED) is 0.517. The summed E-state index contributed by atoms with van der Waals surface area (Å²) in [5.74, 6) is 0.380. The average Bonchev–Trinajstić information content (AvgIpc) is 2.68. The smallest absolute Gasteiger partial charge is 0.293 e. The van der Waals surface area contributed by atoms with Crippen LogP contribution < -0.4 is 10.6 Å². The topological polar surface area (TPSA) is 66.9 Å². The summed E-state index contributed by atoms with van der Waals surface area (Å²) in [6.07, 6.45) is 0. The molecule has 0 aliphatic rings. The standard InChI is InChI=1S/C23H20N4O/c1-15-12-16(2)14-18(13-15)25-23(28)22-26-20-11-7-6-10-19(20)21(27-22)24-17-8-4-3-5-9-17/h3-14H,1-2H3,(H,25,28)(H,24,26,27). The summed E-state index contributed by atoms with van der Waals surface area (Å²) in [5.41, 5.74) is 4.51. The third-order valence-electron chi connectivity index (χ3n) is 4.32. The molecule has 4 aromatic rings. The van der Waals surface area contributed by atoms with Gasteiger partial charge in [0.05, 0.1) is 5.52 Å². The summed E-state index contributed by atoms with van der Waals surface area (Å²) >= 11 is 0. The van der Waals surface area contributed by atoms with Gasteiger partial charge in [0.25, 0.3) is 5.91 Å². The molecule has 5 heteroatoms. The van der Waals surface area contributed by atoms with Crippen LogP contribution in [-0.4, -0.2) is 15.9 Å². The maximum Gasteiger partial charge on any atom is 0.293 e. The van der Waals surface area contributed by atoms with Crippen molar-refractivity contribution in [2.45, 2.75) is 13.8 Å². The Kier molecular flexibility index (Phi) is 4.72. The normalized spacial score (nSPS) is 10.6. The van der Waals surface area contributed by atoms with Gasteiger partial charge in [-0.05, 0) is 61.4 Å². The van der Waals surface area contributed by atoms with Crippen LogP contribution in [0.5, 0.6) is 0 Å². The van der Waals surface area contributed by atoms with Crippen molar-refractivity contribution < 1.29 is 4.79 Å². The molecule has 3 aromatic carbocycles. The largest absolute Gasteiger partial charge is 0.340 e. The molecule has 1 amide bonds. The Morgan fingerprint density at radius 2 is 1.46 bits per heavy atom. The first kappa shape index (κ1) is 17.7.